The molecule has 4 nitrogen and oxygen atoms in total. The van der Waals surface area contributed by atoms with Crippen LogP contribution in [0.4, 0.5) is 0 Å². The summed E-state index contributed by atoms with van der Waals surface area (Å²) in [5.41, 5.74) is 0. The smallest absolute Gasteiger partial charge is 0.237 e. The summed E-state index contributed by atoms with van der Waals surface area (Å²) in [6, 6.07) is 10.2. The summed E-state index contributed by atoms with van der Waals surface area (Å²) in [7, 11) is 1.69. The van der Waals surface area contributed by atoms with Crippen molar-refractivity contribution < 1.29 is 9.53 Å². The van der Waals surface area contributed by atoms with Gasteiger partial charge in [-0.3, -0.25) is 4.79 Å². The topological polar surface area (TPSA) is 50.4 Å². The van der Waals surface area contributed by atoms with Crippen LogP contribution in [0.1, 0.15) is 12.8 Å². The van der Waals surface area contributed by atoms with Crippen LogP contribution in [0.3, 0.4) is 0 Å². The van der Waals surface area contributed by atoms with E-state index in [-0.39, 0.29) is 30.5 Å². The molecule has 0 aliphatic carbocycles. The maximum absolute atomic E-state index is 11.9. The predicted molar refractivity (Wildman–Crippen MR) is 89.2 cm³/mol. The Morgan fingerprint density at radius 1 is 1.43 bits per heavy atom. The number of benzene rings is 1. The molecule has 0 spiro atoms. The number of carbonyl (C=O) groups excluding carboxylic acids is 1. The summed E-state index contributed by atoms with van der Waals surface area (Å²) in [4.78, 5) is 13.2. The molecule has 0 bridgehead atoms. The lowest BCUT2D eigenvalue weighted by molar-refractivity contribution is -0.122. The molecule has 0 aromatic heterocycles. The molecule has 1 heterocycles. The Labute approximate surface area is 136 Å². The first-order valence-corrected chi connectivity index (χ1v) is 8.00. The second-order valence-electron chi connectivity index (χ2n) is 4.86. The number of ether oxygens (including phenoxy) is 1. The number of nitrogens with one attached hydrogen (secondary N) is 2. The fourth-order valence-corrected chi connectivity index (χ4v) is 3.07. The van der Waals surface area contributed by atoms with Crippen LogP contribution in [0.25, 0.3) is 0 Å². The zero-order valence-electron chi connectivity index (χ0n) is 12.2. The van der Waals surface area contributed by atoms with Crippen molar-refractivity contribution in [2.24, 2.45) is 0 Å². The lowest BCUT2D eigenvalue weighted by Crippen LogP contribution is -2.40. The SMILES string of the molecule is CO[C@@H]1CN[C@@H](C(=O)NCCCSc2ccccc2)C1.Cl. The average Bonchev–Trinajstić information content (AvgIpc) is 2.97. The molecule has 1 fully saturated rings. The van der Waals surface area contributed by atoms with Crippen molar-refractivity contribution in [3.63, 3.8) is 0 Å². The normalized spacial score (nSPS) is 20.8. The second-order valence-corrected chi connectivity index (χ2v) is 6.03. The van der Waals surface area contributed by atoms with Crippen LogP contribution in [0.5, 0.6) is 0 Å². The number of carbonyl (C=O) groups is 1. The summed E-state index contributed by atoms with van der Waals surface area (Å²) in [6.45, 7) is 1.49. The number of thioether (sulfide) groups is 1. The largest absolute Gasteiger partial charge is 0.380 e. The van der Waals surface area contributed by atoms with Crippen LogP contribution in [0.15, 0.2) is 35.2 Å². The average molecular weight is 331 g/mol. The van der Waals surface area contributed by atoms with Crippen LogP contribution in [-0.4, -0.2) is 44.0 Å². The maximum atomic E-state index is 11.9. The number of amides is 1. The minimum atomic E-state index is -0.0956. The van der Waals surface area contributed by atoms with Gasteiger partial charge < -0.3 is 15.4 Å². The molecule has 1 aromatic rings. The van der Waals surface area contributed by atoms with Crippen LogP contribution in [0, 0.1) is 0 Å². The quantitative estimate of drug-likeness (QED) is 0.593. The Kier molecular flexibility index (Phi) is 8.76. The highest BCUT2D eigenvalue weighted by molar-refractivity contribution is 7.99. The van der Waals surface area contributed by atoms with Gasteiger partial charge in [0.15, 0.2) is 0 Å². The van der Waals surface area contributed by atoms with Crippen molar-refractivity contribution in [1.29, 1.82) is 0 Å². The third-order valence-corrected chi connectivity index (χ3v) is 4.47. The minimum Gasteiger partial charge on any atom is -0.380 e. The van der Waals surface area contributed by atoms with E-state index in [4.69, 9.17) is 4.74 Å². The fraction of sp³-hybridized carbons (Fsp3) is 0.533. The van der Waals surface area contributed by atoms with Crippen LogP contribution in [0.2, 0.25) is 0 Å². The third kappa shape index (κ3) is 6.26. The van der Waals surface area contributed by atoms with Gasteiger partial charge >= 0.3 is 0 Å². The van der Waals surface area contributed by atoms with Crippen LogP contribution < -0.4 is 10.6 Å². The predicted octanol–water partition coefficient (Wildman–Crippen LogP) is 2.08. The molecule has 1 aliphatic heterocycles. The standard InChI is InChI=1S/C15H22N2O2S.ClH/c1-19-12-10-14(17-11-12)15(18)16-8-5-9-20-13-6-3-2-4-7-13;/h2-4,6-7,12,14,17H,5,8-11H2,1H3,(H,16,18);1H/t12-,14+;/m0./s1. The molecular weight excluding hydrogens is 308 g/mol. The molecule has 1 aliphatic rings. The molecule has 2 rings (SSSR count). The first-order chi connectivity index (χ1) is 9.79. The van der Waals surface area contributed by atoms with Gasteiger partial charge in [-0.05, 0) is 30.7 Å². The minimum absolute atomic E-state index is 0. The number of hydrogen-bond donors (Lipinski definition) is 2. The van der Waals surface area contributed by atoms with Crippen molar-refractivity contribution in [2.75, 3.05) is 26.0 Å². The summed E-state index contributed by atoms with van der Waals surface area (Å²) in [6.07, 6.45) is 1.91. The van der Waals surface area contributed by atoms with E-state index in [1.165, 1.54) is 4.90 Å². The lowest BCUT2D eigenvalue weighted by atomic mass is 10.2. The van der Waals surface area contributed by atoms with Gasteiger partial charge in [0.25, 0.3) is 0 Å². The number of halogens is 1. The molecule has 1 amide bonds. The highest BCUT2D eigenvalue weighted by Gasteiger charge is 2.28. The number of methoxy groups -OCH3 is 1. The van der Waals surface area contributed by atoms with Crippen LogP contribution >= 0.6 is 24.2 Å². The van der Waals surface area contributed by atoms with Gasteiger partial charge in [-0.2, -0.15) is 0 Å². The van der Waals surface area contributed by atoms with Gasteiger partial charge in [0.2, 0.25) is 5.91 Å². The van der Waals surface area contributed by atoms with E-state index in [1.54, 1.807) is 7.11 Å². The molecule has 2 N–H and O–H groups in total. The monoisotopic (exact) mass is 330 g/mol. The summed E-state index contributed by atoms with van der Waals surface area (Å²) < 4.78 is 5.24. The molecule has 0 saturated carbocycles. The van der Waals surface area contributed by atoms with Gasteiger partial charge in [0.05, 0.1) is 12.1 Å². The van der Waals surface area contributed by atoms with Crippen LogP contribution in [-0.2, 0) is 9.53 Å². The highest BCUT2D eigenvalue weighted by atomic mass is 35.5. The van der Waals surface area contributed by atoms with Gasteiger partial charge in [0.1, 0.15) is 0 Å². The number of hydrogen-bond acceptors (Lipinski definition) is 4. The molecule has 1 saturated heterocycles. The summed E-state index contributed by atoms with van der Waals surface area (Å²) in [5, 5.41) is 6.17. The highest BCUT2D eigenvalue weighted by Crippen LogP contribution is 2.17. The van der Waals surface area contributed by atoms with E-state index >= 15 is 0 Å². The lowest BCUT2D eigenvalue weighted by Gasteiger charge is -2.11. The maximum Gasteiger partial charge on any atom is 0.237 e. The Morgan fingerprint density at radius 2 is 2.19 bits per heavy atom. The molecular formula is C15H23ClN2O2S. The van der Waals surface area contributed by atoms with Gasteiger partial charge in [-0.15, -0.1) is 24.2 Å². The fourth-order valence-electron chi connectivity index (χ4n) is 2.20. The molecule has 21 heavy (non-hydrogen) atoms. The van der Waals surface area contributed by atoms with E-state index < -0.39 is 0 Å². The third-order valence-electron chi connectivity index (χ3n) is 3.37. The van der Waals surface area contributed by atoms with E-state index in [2.05, 4.69) is 22.8 Å². The zero-order chi connectivity index (χ0) is 14.2. The molecule has 118 valence electrons. The van der Waals surface area contributed by atoms with Crippen molar-refractivity contribution >= 4 is 30.1 Å². The summed E-state index contributed by atoms with van der Waals surface area (Å²) in [5.74, 6) is 1.11. The Hall–Kier alpha value is -0.750. The zero-order valence-corrected chi connectivity index (χ0v) is 13.8. The summed E-state index contributed by atoms with van der Waals surface area (Å²) >= 11 is 1.82. The second kappa shape index (κ2) is 10.1. The van der Waals surface area contributed by atoms with Gasteiger partial charge in [-0.25, -0.2) is 0 Å². The van der Waals surface area contributed by atoms with Gasteiger partial charge in [-0.1, -0.05) is 18.2 Å². The Morgan fingerprint density at radius 3 is 2.86 bits per heavy atom. The van der Waals surface area contributed by atoms with Gasteiger partial charge in [0, 0.05) is 25.1 Å². The molecule has 2 atom stereocenters. The van der Waals surface area contributed by atoms with Crippen molar-refractivity contribution in [2.45, 2.75) is 29.9 Å². The first kappa shape index (κ1) is 18.3. The van der Waals surface area contributed by atoms with E-state index in [9.17, 15) is 4.79 Å². The molecule has 0 radical (unpaired) electrons. The number of rotatable bonds is 7. The molecule has 0 unspecified atom stereocenters. The molecule has 1 aromatic carbocycles. The van der Waals surface area contributed by atoms with E-state index in [0.29, 0.717) is 0 Å². The Balaban J connectivity index is 0.00000220. The van der Waals surface area contributed by atoms with Crippen molar-refractivity contribution in [3.05, 3.63) is 30.3 Å². The van der Waals surface area contributed by atoms with E-state index in [1.807, 2.05) is 30.0 Å². The first-order valence-electron chi connectivity index (χ1n) is 7.01. The van der Waals surface area contributed by atoms with Crippen molar-refractivity contribution in [1.82, 2.24) is 10.6 Å². The van der Waals surface area contributed by atoms with Crippen molar-refractivity contribution in [3.8, 4) is 0 Å². The Bertz CT molecular complexity index is 419. The molecule has 6 heteroatoms. The van der Waals surface area contributed by atoms with E-state index in [0.717, 1.165) is 31.7 Å².